The van der Waals surface area contributed by atoms with Gasteiger partial charge in [0.05, 0.1) is 6.61 Å². The van der Waals surface area contributed by atoms with Gasteiger partial charge in [0.2, 0.25) is 6.79 Å². The Morgan fingerprint density at radius 1 is 0.963 bits per heavy atom. The second-order valence-corrected chi connectivity index (χ2v) is 5.40. The topological polar surface area (TPSA) is 115 Å². The van der Waals surface area contributed by atoms with Gasteiger partial charge in [0.25, 0.3) is 11.8 Å². The van der Waals surface area contributed by atoms with Crippen LogP contribution >= 0.6 is 0 Å². The SMILES string of the molecule is CCOC(=O)Nc1cccc(C(=O)NNC(=O)c2ccc3c(c2)OCO3)c1. The molecule has 0 saturated carbocycles. The van der Waals surface area contributed by atoms with Crippen molar-refractivity contribution in [1.82, 2.24) is 10.9 Å². The number of hydrogen-bond acceptors (Lipinski definition) is 6. The van der Waals surface area contributed by atoms with Gasteiger partial charge in [-0.15, -0.1) is 0 Å². The molecule has 0 spiro atoms. The number of carbonyl (C=O) groups is 3. The van der Waals surface area contributed by atoms with Gasteiger partial charge in [-0.3, -0.25) is 25.8 Å². The molecule has 9 nitrogen and oxygen atoms in total. The van der Waals surface area contributed by atoms with E-state index in [1.165, 1.54) is 12.1 Å². The molecule has 9 heteroatoms. The van der Waals surface area contributed by atoms with Gasteiger partial charge in [-0.1, -0.05) is 6.07 Å². The van der Waals surface area contributed by atoms with Crippen LogP contribution in [0.4, 0.5) is 10.5 Å². The fourth-order valence-corrected chi connectivity index (χ4v) is 2.32. The van der Waals surface area contributed by atoms with Crippen molar-refractivity contribution in [2.75, 3.05) is 18.7 Å². The van der Waals surface area contributed by atoms with Crippen LogP contribution in [0.15, 0.2) is 42.5 Å². The zero-order chi connectivity index (χ0) is 19.2. The van der Waals surface area contributed by atoms with E-state index in [1.807, 2.05) is 0 Å². The van der Waals surface area contributed by atoms with Crippen molar-refractivity contribution in [3.05, 3.63) is 53.6 Å². The molecule has 1 heterocycles. The van der Waals surface area contributed by atoms with Crippen LogP contribution in [-0.2, 0) is 4.74 Å². The summed E-state index contributed by atoms with van der Waals surface area (Å²) >= 11 is 0. The van der Waals surface area contributed by atoms with Gasteiger partial charge in [0.15, 0.2) is 11.5 Å². The van der Waals surface area contributed by atoms with E-state index in [0.717, 1.165) is 0 Å². The van der Waals surface area contributed by atoms with Gasteiger partial charge in [-0.25, -0.2) is 4.79 Å². The van der Waals surface area contributed by atoms with Crippen molar-refractivity contribution in [3.8, 4) is 11.5 Å². The van der Waals surface area contributed by atoms with Gasteiger partial charge in [-0.2, -0.15) is 0 Å². The van der Waals surface area contributed by atoms with Crippen LogP contribution in [0.1, 0.15) is 27.6 Å². The van der Waals surface area contributed by atoms with Crippen LogP contribution in [0.2, 0.25) is 0 Å². The molecule has 0 saturated heterocycles. The predicted octanol–water partition coefficient (Wildman–Crippen LogP) is 2.06. The second kappa shape index (κ2) is 8.09. The molecule has 2 aromatic rings. The number of ether oxygens (including phenoxy) is 3. The first-order valence-electron chi connectivity index (χ1n) is 8.11. The molecular formula is C18H17N3O6. The summed E-state index contributed by atoms with van der Waals surface area (Å²) in [5, 5.41) is 2.50. The Morgan fingerprint density at radius 2 is 1.67 bits per heavy atom. The minimum atomic E-state index is -0.619. The first-order chi connectivity index (χ1) is 13.1. The molecular weight excluding hydrogens is 354 g/mol. The number of rotatable bonds is 4. The van der Waals surface area contributed by atoms with Crippen molar-refractivity contribution >= 4 is 23.6 Å². The molecule has 1 aliphatic heterocycles. The molecule has 3 N–H and O–H groups in total. The second-order valence-electron chi connectivity index (χ2n) is 5.40. The Kier molecular flexibility index (Phi) is 5.41. The minimum absolute atomic E-state index is 0.104. The Morgan fingerprint density at radius 3 is 2.41 bits per heavy atom. The number of anilines is 1. The Bertz CT molecular complexity index is 883. The summed E-state index contributed by atoms with van der Waals surface area (Å²) in [4.78, 5) is 35.8. The van der Waals surface area contributed by atoms with Crippen LogP contribution < -0.4 is 25.6 Å². The van der Waals surface area contributed by atoms with Gasteiger partial charge in [-0.05, 0) is 43.3 Å². The number of hydrogen-bond donors (Lipinski definition) is 3. The smallest absolute Gasteiger partial charge is 0.411 e. The molecule has 3 amide bonds. The summed E-state index contributed by atoms with van der Waals surface area (Å²) < 4.78 is 15.2. The van der Waals surface area contributed by atoms with Crippen molar-refractivity contribution < 1.29 is 28.6 Å². The average molecular weight is 371 g/mol. The Hall–Kier alpha value is -3.75. The summed E-state index contributed by atoms with van der Waals surface area (Å²) in [5.74, 6) is -0.0349. The third-order valence-electron chi connectivity index (χ3n) is 3.57. The maximum Gasteiger partial charge on any atom is 0.411 e. The molecule has 27 heavy (non-hydrogen) atoms. The molecule has 2 aromatic carbocycles. The lowest BCUT2D eigenvalue weighted by molar-refractivity contribution is 0.0846. The normalized spacial score (nSPS) is 11.4. The molecule has 0 bridgehead atoms. The number of nitrogens with one attached hydrogen (secondary N) is 3. The molecule has 0 atom stereocenters. The van der Waals surface area contributed by atoms with E-state index in [4.69, 9.17) is 14.2 Å². The highest BCUT2D eigenvalue weighted by molar-refractivity contribution is 6.00. The lowest BCUT2D eigenvalue weighted by Gasteiger charge is -2.09. The standard InChI is InChI=1S/C18H17N3O6/c1-2-25-18(24)19-13-5-3-4-11(8-13)16(22)20-21-17(23)12-6-7-14-15(9-12)27-10-26-14/h3-9H,2,10H2,1H3,(H,19,24)(H,20,22)(H,21,23). The summed E-state index contributed by atoms with van der Waals surface area (Å²) in [6.45, 7) is 2.03. The van der Waals surface area contributed by atoms with Crippen molar-refractivity contribution in [3.63, 3.8) is 0 Å². The highest BCUT2D eigenvalue weighted by atomic mass is 16.7. The lowest BCUT2D eigenvalue weighted by Crippen LogP contribution is -2.41. The monoisotopic (exact) mass is 371 g/mol. The third kappa shape index (κ3) is 4.46. The minimum Gasteiger partial charge on any atom is -0.454 e. The van der Waals surface area contributed by atoms with Gasteiger partial charge in [0.1, 0.15) is 0 Å². The largest absolute Gasteiger partial charge is 0.454 e. The summed E-state index contributed by atoms with van der Waals surface area (Å²) in [7, 11) is 0. The number of benzene rings is 2. The zero-order valence-corrected chi connectivity index (χ0v) is 14.4. The number of carbonyl (C=O) groups excluding carboxylic acids is 3. The average Bonchev–Trinajstić information content (AvgIpc) is 3.14. The Labute approximate surface area is 154 Å². The van der Waals surface area contributed by atoms with Gasteiger partial charge >= 0.3 is 6.09 Å². The fourth-order valence-electron chi connectivity index (χ4n) is 2.32. The van der Waals surface area contributed by atoms with E-state index >= 15 is 0 Å². The lowest BCUT2D eigenvalue weighted by atomic mass is 10.2. The maximum absolute atomic E-state index is 12.2. The van der Waals surface area contributed by atoms with Crippen molar-refractivity contribution in [2.24, 2.45) is 0 Å². The molecule has 0 fully saturated rings. The van der Waals surface area contributed by atoms with Crippen LogP contribution in [0.3, 0.4) is 0 Å². The fraction of sp³-hybridized carbons (Fsp3) is 0.167. The van der Waals surface area contributed by atoms with Crippen LogP contribution in [-0.4, -0.2) is 31.3 Å². The molecule has 1 aliphatic rings. The van der Waals surface area contributed by atoms with Crippen molar-refractivity contribution in [2.45, 2.75) is 6.92 Å². The molecule has 140 valence electrons. The number of amides is 3. The summed E-state index contributed by atoms with van der Waals surface area (Å²) in [6.07, 6.45) is -0.619. The predicted molar refractivity (Wildman–Crippen MR) is 94.6 cm³/mol. The van der Waals surface area contributed by atoms with E-state index in [9.17, 15) is 14.4 Å². The molecule has 0 radical (unpaired) electrons. The number of fused-ring (bicyclic) bond motifs is 1. The van der Waals surface area contributed by atoms with Gasteiger partial charge < -0.3 is 14.2 Å². The first-order valence-corrected chi connectivity index (χ1v) is 8.11. The number of hydrazine groups is 1. The third-order valence-corrected chi connectivity index (χ3v) is 3.57. The summed E-state index contributed by atoms with van der Waals surface area (Å²) in [6, 6.07) is 10.9. The quantitative estimate of drug-likeness (QED) is 0.709. The van der Waals surface area contributed by atoms with E-state index in [2.05, 4.69) is 16.2 Å². The summed E-state index contributed by atoms with van der Waals surface area (Å²) in [5.41, 5.74) is 5.58. The highest BCUT2D eigenvalue weighted by Gasteiger charge is 2.17. The van der Waals surface area contributed by atoms with E-state index in [1.54, 1.807) is 37.3 Å². The van der Waals surface area contributed by atoms with Crippen LogP contribution in [0, 0.1) is 0 Å². The molecule has 3 rings (SSSR count). The van der Waals surface area contributed by atoms with E-state index in [-0.39, 0.29) is 19.0 Å². The first kappa shape index (κ1) is 18.1. The highest BCUT2D eigenvalue weighted by Crippen LogP contribution is 2.32. The van der Waals surface area contributed by atoms with Gasteiger partial charge in [0, 0.05) is 16.8 Å². The molecule has 0 unspecified atom stereocenters. The van der Waals surface area contributed by atoms with Crippen molar-refractivity contribution in [1.29, 1.82) is 0 Å². The van der Waals surface area contributed by atoms with E-state index < -0.39 is 17.9 Å². The maximum atomic E-state index is 12.2. The Balaban J connectivity index is 1.59. The van der Waals surface area contributed by atoms with Crippen LogP contribution in [0.25, 0.3) is 0 Å². The zero-order valence-electron chi connectivity index (χ0n) is 14.4. The molecule has 0 aromatic heterocycles. The van der Waals surface area contributed by atoms with E-state index in [0.29, 0.717) is 22.7 Å². The molecule has 0 aliphatic carbocycles. The van der Waals surface area contributed by atoms with Crippen LogP contribution in [0.5, 0.6) is 11.5 Å².